The highest BCUT2D eigenvalue weighted by atomic mass is 16.7. The van der Waals surface area contributed by atoms with Crippen LogP contribution in [0.2, 0.25) is 0 Å². The van der Waals surface area contributed by atoms with Gasteiger partial charge in [-0.2, -0.15) is 0 Å². The van der Waals surface area contributed by atoms with Crippen LogP contribution in [0.4, 0.5) is 0 Å². The van der Waals surface area contributed by atoms with E-state index < -0.39 is 74.6 Å². The fourth-order valence-corrected chi connectivity index (χ4v) is 2.52. The molecule has 10 unspecified atom stereocenters. The molecule has 8 N–H and O–H groups in total. The van der Waals surface area contributed by atoms with Crippen molar-refractivity contribution >= 4 is 0 Å². The topological polar surface area (TPSA) is 199 Å². The zero-order valence-electron chi connectivity index (χ0n) is 14.4. The van der Waals surface area contributed by atoms with E-state index in [1.54, 1.807) is 0 Å². The molecule has 2 rings (SSSR count). The van der Waals surface area contributed by atoms with Gasteiger partial charge >= 0.3 is 0 Å². The van der Waals surface area contributed by atoms with Gasteiger partial charge in [0.15, 0.2) is 12.6 Å². The minimum Gasteiger partial charge on any atom is -0.394 e. The van der Waals surface area contributed by atoms with Crippen LogP contribution >= 0.6 is 0 Å². The second-order valence-electron chi connectivity index (χ2n) is 5.87. The van der Waals surface area contributed by atoms with Gasteiger partial charge in [-0.15, -0.1) is 0 Å². The van der Waals surface area contributed by atoms with E-state index in [-0.39, 0.29) is 0 Å². The lowest BCUT2D eigenvalue weighted by Gasteiger charge is -2.38. The van der Waals surface area contributed by atoms with E-state index in [4.69, 9.17) is 29.2 Å². The van der Waals surface area contributed by atoms with Crippen LogP contribution in [0.5, 0.6) is 0 Å². The molecule has 26 heavy (non-hydrogen) atoms. The average Bonchev–Trinajstić information content (AvgIpc) is 2.65. The SMILES string of the molecule is COC1OC(CO)C(O)C(O)C1O.COC1OC(CO)C(O)C(O)C1O. The molecule has 10 atom stereocenters. The van der Waals surface area contributed by atoms with Crippen molar-refractivity contribution in [2.75, 3.05) is 27.4 Å². The smallest absolute Gasteiger partial charge is 0.186 e. The second kappa shape index (κ2) is 10.8. The lowest BCUT2D eigenvalue weighted by molar-refractivity contribution is -0.294. The molecule has 2 saturated heterocycles. The molecule has 2 aliphatic heterocycles. The molecule has 0 bridgehead atoms. The van der Waals surface area contributed by atoms with Gasteiger partial charge in [0.25, 0.3) is 0 Å². The Labute approximate surface area is 149 Å². The molecule has 12 nitrogen and oxygen atoms in total. The first-order valence-corrected chi connectivity index (χ1v) is 7.90. The van der Waals surface area contributed by atoms with Crippen molar-refractivity contribution in [2.24, 2.45) is 0 Å². The van der Waals surface area contributed by atoms with Crippen molar-refractivity contribution in [3.63, 3.8) is 0 Å². The van der Waals surface area contributed by atoms with E-state index in [1.165, 1.54) is 14.2 Å². The largest absolute Gasteiger partial charge is 0.394 e. The standard InChI is InChI=1S/2C7H14O6/c2*1-12-7-6(11)5(10)4(9)3(2-8)13-7/h2*3-11H,2H2,1H3. The van der Waals surface area contributed by atoms with Gasteiger partial charge in [0.2, 0.25) is 0 Å². The maximum Gasteiger partial charge on any atom is 0.186 e. The van der Waals surface area contributed by atoms with Gasteiger partial charge in [-0.3, -0.25) is 0 Å². The van der Waals surface area contributed by atoms with Crippen molar-refractivity contribution < 1.29 is 59.8 Å². The number of aliphatic hydroxyl groups excluding tert-OH is 8. The van der Waals surface area contributed by atoms with E-state index in [0.717, 1.165) is 0 Å². The van der Waals surface area contributed by atoms with Crippen molar-refractivity contribution in [3.8, 4) is 0 Å². The van der Waals surface area contributed by atoms with Crippen molar-refractivity contribution in [1.82, 2.24) is 0 Å². The summed E-state index contributed by atoms with van der Waals surface area (Å²) in [6.45, 7) is -0.879. The zero-order valence-corrected chi connectivity index (χ0v) is 14.4. The van der Waals surface area contributed by atoms with Gasteiger partial charge < -0.3 is 59.8 Å². The highest BCUT2D eigenvalue weighted by Crippen LogP contribution is 2.22. The highest BCUT2D eigenvalue weighted by molar-refractivity contribution is 4.89. The molecule has 2 fully saturated rings. The van der Waals surface area contributed by atoms with Crippen LogP contribution in [0.3, 0.4) is 0 Å². The lowest BCUT2D eigenvalue weighted by Crippen LogP contribution is -2.58. The first-order chi connectivity index (χ1) is 12.2. The van der Waals surface area contributed by atoms with E-state index in [9.17, 15) is 30.6 Å². The molecule has 0 aromatic carbocycles. The van der Waals surface area contributed by atoms with Crippen LogP contribution < -0.4 is 0 Å². The van der Waals surface area contributed by atoms with E-state index in [1.807, 2.05) is 0 Å². The Morgan fingerprint density at radius 2 is 0.885 bits per heavy atom. The molecule has 0 aromatic heterocycles. The molecule has 12 heteroatoms. The molecule has 2 aliphatic rings. The predicted molar refractivity (Wildman–Crippen MR) is 81.6 cm³/mol. The van der Waals surface area contributed by atoms with Gasteiger partial charge in [0, 0.05) is 14.2 Å². The summed E-state index contributed by atoms with van der Waals surface area (Å²) in [7, 11) is 2.60. The predicted octanol–water partition coefficient (Wildman–Crippen LogP) is -5.13. The summed E-state index contributed by atoms with van der Waals surface area (Å²) in [5.74, 6) is 0. The third-order valence-electron chi connectivity index (χ3n) is 4.16. The summed E-state index contributed by atoms with van der Waals surface area (Å²) in [5.41, 5.74) is 0. The van der Waals surface area contributed by atoms with E-state index in [0.29, 0.717) is 0 Å². The van der Waals surface area contributed by atoms with Crippen LogP contribution in [0, 0.1) is 0 Å². The maximum atomic E-state index is 9.28. The Bertz CT molecular complexity index is 322. The van der Waals surface area contributed by atoms with E-state index >= 15 is 0 Å². The Kier molecular flexibility index (Phi) is 9.74. The van der Waals surface area contributed by atoms with Crippen LogP contribution in [-0.4, -0.2) is 130 Å². The summed E-state index contributed by atoms with van der Waals surface area (Å²) in [6.07, 6.45) is -11.8. The number of rotatable bonds is 4. The van der Waals surface area contributed by atoms with Crippen molar-refractivity contribution in [2.45, 2.75) is 61.4 Å². The monoisotopic (exact) mass is 388 g/mol. The quantitative estimate of drug-likeness (QED) is 0.228. The third kappa shape index (κ3) is 5.28. The third-order valence-corrected chi connectivity index (χ3v) is 4.16. The lowest BCUT2D eigenvalue weighted by atomic mass is 9.99. The summed E-state index contributed by atoms with van der Waals surface area (Å²) >= 11 is 0. The van der Waals surface area contributed by atoms with Gasteiger partial charge in [-0.1, -0.05) is 0 Å². The Morgan fingerprint density at radius 3 is 1.12 bits per heavy atom. The summed E-state index contributed by atoms with van der Waals surface area (Å²) < 4.78 is 19.3. The number of aliphatic hydroxyl groups is 8. The molecule has 0 aliphatic carbocycles. The number of ether oxygens (including phenoxy) is 4. The van der Waals surface area contributed by atoms with Gasteiger partial charge in [0.1, 0.15) is 48.8 Å². The Morgan fingerprint density at radius 1 is 0.577 bits per heavy atom. The fourth-order valence-electron chi connectivity index (χ4n) is 2.52. The molecule has 156 valence electrons. The van der Waals surface area contributed by atoms with Crippen LogP contribution in [0.25, 0.3) is 0 Å². The molecule has 0 amide bonds. The van der Waals surface area contributed by atoms with Gasteiger partial charge in [-0.25, -0.2) is 0 Å². The van der Waals surface area contributed by atoms with Crippen LogP contribution in [0.15, 0.2) is 0 Å². The average molecular weight is 388 g/mol. The normalized spacial score (nSPS) is 46.4. The molecule has 0 spiro atoms. The van der Waals surface area contributed by atoms with E-state index in [2.05, 4.69) is 0 Å². The fraction of sp³-hybridized carbons (Fsp3) is 1.00. The first kappa shape index (κ1) is 23.6. The minimum atomic E-state index is -1.36. The number of methoxy groups -OCH3 is 2. The molecule has 0 aromatic rings. The summed E-state index contributed by atoms with van der Waals surface area (Å²) in [4.78, 5) is 0. The first-order valence-electron chi connectivity index (χ1n) is 7.90. The van der Waals surface area contributed by atoms with Crippen LogP contribution in [-0.2, 0) is 18.9 Å². The zero-order chi connectivity index (χ0) is 20.0. The Balaban J connectivity index is 0.000000260. The minimum absolute atomic E-state index is 0.440. The molecular formula is C14H28O12. The molecule has 0 radical (unpaired) electrons. The number of hydrogen-bond acceptors (Lipinski definition) is 12. The van der Waals surface area contributed by atoms with Gasteiger partial charge in [-0.05, 0) is 0 Å². The van der Waals surface area contributed by atoms with Crippen molar-refractivity contribution in [1.29, 1.82) is 0 Å². The maximum absolute atomic E-state index is 9.28. The van der Waals surface area contributed by atoms with Gasteiger partial charge in [0.05, 0.1) is 13.2 Å². The summed E-state index contributed by atoms with van der Waals surface area (Å²) in [6, 6.07) is 0. The molecule has 0 saturated carbocycles. The number of hydrogen-bond donors (Lipinski definition) is 8. The van der Waals surface area contributed by atoms with Crippen molar-refractivity contribution in [3.05, 3.63) is 0 Å². The summed E-state index contributed by atoms with van der Waals surface area (Å²) in [5, 5.41) is 73.1. The highest BCUT2D eigenvalue weighted by Gasteiger charge is 2.44. The molecular weight excluding hydrogens is 360 g/mol. The van der Waals surface area contributed by atoms with Crippen LogP contribution in [0.1, 0.15) is 0 Å². The molecule has 2 heterocycles. The second-order valence-corrected chi connectivity index (χ2v) is 5.87. The Hall–Kier alpha value is -0.480.